The second-order valence-corrected chi connectivity index (χ2v) is 6.20. The molecule has 0 fully saturated rings. The molecule has 0 saturated carbocycles. The van der Waals surface area contributed by atoms with Gasteiger partial charge in [0.1, 0.15) is 4.90 Å². The van der Waals surface area contributed by atoms with Crippen LogP contribution in [0.5, 0.6) is 0 Å². The first-order chi connectivity index (χ1) is 8.97. The summed E-state index contributed by atoms with van der Waals surface area (Å²) >= 11 is 5.86. The third-order valence-electron chi connectivity index (χ3n) is 2.43. The van der Waals surface area contributed by atoms with Crippen LogP contribution in [0.2, 0.25) is 5.02 Å². The van der Waals surface area contributed by atoms with Crippen LogP contribution in [0.15, 0.2) is 23.1 Å². The number of halogens is 1. The number of anilines is 1. The summed E-state index contributed by atoms with van der Waals surface area (Å²) in [7, 11) is -3.65. The highest BCUT2D eigenvalue weighted by Crippen LogP contribution is 2.23. The summed E-state index contributed by atoms with van der Waals surface area (Å²) in [5, 5.41) is 0.147. The molecule has 1 rings (SSSR count). The highest BCUT2D eigenvalue weighted by Gasteiger charge is 2.17. The minimum absolute atomic E-state index is 0.0114. The van der Waals surface area contributed by atoms with E-state index in [1.165, 1.54) is 12.1 Å². The number of hydrogen-bond donors (Lipinski definition) is 2. The van der Waals surface area contributed by atoms with Gasteiger partial charge >= 0.3 is 0 Å². The Labute approximate surface area is 119 Å². The number of nitrogens with two attached hydrogens (primary N) is 1. The molecule has 1 aromatic carbocycles. The normalized spacial score (nSPS) is 11.7. The smallest absolute Gasteiger partial charge is 0.242 e. The van der Waals surface area contributed by atoms with Crippen LogP contribution in [0.4, 0.5) is 5.69 Å². The van der Waals surface area contributed by atoms with Gasteiger partial charge in [0.05, 0.1) is 11.6 Å². The number of hydrogen-bond acceptors (Lipinski definition) is 4. The van der Waals surface area contributed by atoms with Crippen molar-refractivity contribution in [2.75, 3.05) is 25.5 Å². The van der Waals surface area contributed by atoms with E-state index in [-0.39, 0.29) is 16.5 Å². The Hall–Kier alpha value is -0.820. The van der Waals surface area contributed by atoms with Gasteiger partial charge in [-0.3, -0.25) is 0 Å². The van der Waals surface area contributed by atoms with Crippen molar-refractivity contribution < 1.29 is 13.2 Å². The number of unbranched alkanes of at least 4 members (excludes halogenated alkanes) is 1. The van der Waals surface area contributed by atoms with Gasteiger partial charge in [-0.1, -0.05) is 24.9 Å². The summed E-state index contributed by atoms with van der Waals surface area (Å²) in [5.74, 6) is 0. The van der Waals surface area contributed by atoms with Crippen LogP contribution in [0.25, 0.3) is 0 Å². The topological polar surface area (TPSA) is 81.4 Å². The van der Waals surface area contributed by atoms with E-state index in [1.807, 2.05) is 0 Å². The number of benzene rings is 1. The van der Waals surface area contributed by atoms with Crippen molar-refractivity contribution in [3.05, 3.63) is 23.2 Å². The maximum Gasteiger partial charge on any atom is 0.242 e. The Bertz CT molecular complexity index is 506. The van der Waals surface area contributed by atoms with Gasteiger partial charge < -0.3 is 10.5 Å². The van der Waals surface area contributed by atoms with Crippen molar-refractivity contribution in [2.45, 2.75) is 24.7 Å². The third-order valence-corrected chi connectivity index (χ3v) is 4.37. The van der Waals surface area contributed by atoms with Crippen molar-refractivity contribution >= 4 is 27.3 Å². The van der Waals surface area contributed by atoms with Crippen LogP contribution in [-0.2, 0) is 14.8 Å². The number of rotatable bonds is 8. The lowest BCUT2D eigenvalue weighted by molar-refractivity contribution is 0.136. The van der Waals surface area contributed by atoms with E-state index in [1.54, 1.807) is 6.07 Å². The fraction of sp³-hybridized carbons (Fsp3) is 0.500. The van der Waals surface area contributed by atoms with Crippen molar-refractivity contribution in [2.24, 2.45) is 0 Å². The van der Waals surface area contributed by atoms with Gasteiger partial charge in [0.2, 0.25) is 10.0 Å². The highest BCUT2D eigenvalue weighted by atomic mass is 35.5. The molecule has 1 aromatic rings. The molecule has 0 aliphatic rings. The van der Waals surface area contributed by atoms with Gasteiger partial charge in [0, 0.05) is 18.8 Å². The highest BCUT2D eigenvalue weighted by molar-refractivity contribution is 7.89. The Balaban J connectivity index is 2.54. The van der Waals surface area contributed by atoms with Gasteiger partial charge in [-0.2, -0.15) is 0 Å². The summed E-state index contributed by atoms with van der Waals surface area (Å²) in [6.07, 6.45) is 2.01. The van der Waals surface area contributed by atoms with E-state index in [0.717, 1.165) is 12.8 Å². The van der Waals surface area contributed by atoms with Crippen molar-refractivity contribution in [1.29, 1.82) is 0 Å². The largest absolute Gasteiger partial charge is 0.399 e. The molecule has 0 spiro atoms. The average molecular weight is 307 g/mol. The van der Waals surface area contributed by atoms with Crippen molar-refractivity contribution in [3.8, 4) is 0 Å². The van der Waals surface area contributed by atoms with Crippen LogP contribution in [0.1, 0.15) is 19.8 Å². The fourth-order valence-corrected chi connectivity index (χ4v) is 2.95. The van der Waals surface area contributed by atoms with Crippen LogP contribution >= 0.6 is 11.6 Å². The van der Waals surface area contributed by atoms with E-state index in [4.69, 9.17) is 22.1 Å². The van der Waals surface area contributed by atoms with Gasteiger partial charge in [-0.25, -0.2) is 13.1 Å². The zero-order valence-corrected chi connectivity index (χ0v) is 12.4. The van der Waals surface area contributed by atoms with Gasteiger partial charge in [0.15, 0.2) is 0 Å². The zero-order chi connectivity index (χ0) is 14.3. The molecule has 0 aromatic heterocycles. The lowest BCUT2D eigenvalue weighted by Gasteiger charge is -2.09. The quantitative estimate of drug-likeness (QED) is 0.568. The first-order valence-electron chi connectivity index (χ1n) is 6.10. The number of sulfonamides is 1. The molecule has 0 amide bonds. The Morgan fingerprint density at radius 3 is 2.79 bits per heavy atom. The zero-order valence-electron chi connectivity index (χ0n) is 10.9. The van der Waals surface area contributed by atoms with Crippen molar-refractivity contribution in [1.82, 2.24) is 4.72 Å². The van der Waals surface area contributed by atoms with E-state index >= 15 is 0 Å². The minimum Gasteiger partial charge on any atom is -0.399 e. The molecule has 0 radical (unpaired) electrons. The molecule has 0 atom stereocenters. The predicted octanol–water partition coefficient (Wildman–Crippen LogP) is 2.02. The minimum atomic E-state index is -3.65. The first-order valence-corrected chi connectivity index (χ1v) is 7.96. The van der Waals surface area contributed by atoms with E-state index < -0.39 is 10.0 Å². The average Bonchev–Trinajstić information content (AvgIpc) is 2.36. The lowest BCUT2D eigenvalue weighted by atomic mass is 10.3. The molecule has 7 heteroatoms. The first kappa shape index (κ1) is 16.2. The summed E-state index contributed by atoms with van der Waals surface area (Å²) < 4.78 is 31.7. The summed E-state index contributed by atoms with van der Waals surface area (Å²) in [6, 6.07) is 4.35. The summed E-state index contributed by atoms with van der Waals surface area (Å²) in [6.45, 7) is 3.24. The predicted molar refractivity (Wildman–Crippen MR) is 76.8 cm³/mol. The van der Waals surface area contributed by atoms with Gasteiger partial charge in [0.25, 0.3) is 0 Å². The van der Waals surface area contributed by atoms with E-state index in [0.29, 0.717) is 18.9 Å². The molecule has 0 aliphatic heterocycles. The van der Waals surface area contributed by atoms with Crippen molar-refractivity contribution in [3.63, 3.8) is 0 Å². The molecule has 0 heterocycles. The second-order valence-electron chi connectivity index (χ2n) is 4.05. The fourth-order valence-electron chi connectivity index (χ4n) is 1.40. The molecule has 5 nitrogen and oxygen atoms in total. The monoisotopic (exact) mass is 306 g/mol. The number of ether oxygens (including phenoxy) is 1. The Kier molecular flexibility index (Phi) is 6.57. The van der Waals surface area contributed by atoms with Gasteiger partial charge in [-0.05, 0) is 24.6 Å². The SMILES string of the molecule is CCCCOCCNS(=O)(=O)c1cc(N)ccc1Cl. The molecular weight excluding hydrogens is 288 g/mol. The number of nitrogen functional groups attached to an aromatic ring is 1. The molecule has 19 heavy (non-hydrogen) atoms. The van der Waals surface area contributed by atoms with Gasteiger partial charge in [-0.15, -0.1) is 0 Å². The molecular formula is C12H19ClN2O3S. The maximum atomic E-state index is 12.0. The summed E-state index contributed by atoms with van der Waals surface area (Å²) in [5.41, 5.74) is 5.91. The molecule has 0 saturated heterocycles. The van der Waals surface area contributed by atoms with Crippen LogP contribution in [-0.4, -0.2) is 28.2 Å². The third kappa shape index (κ3) is 5.36. The number of nitrogens with one attached hydrogen (secondary N) is 1. The Morgan fingerprint density at radius 2 is 2.11 bits per heavy atom. The van der Waals surface area contributed by atoms with Crippen LogP contribution in [0.3, 0.4) is 0 Å². The van der Waals surface area contributed by atoms with E-state index in [2.05, 4.69) is 11.6 Å². The molecule has 3 N–H and O–H groups in total. The molecule has 0 unspecified atom stereocenters. The second kappa shape index (κ2) is 7.69. The molecule has 0 bridgehead atoms. The molecule has 108 valence electrons. The molecule has 0 aliphatic carbocycles. The van der Waals surface area contributed by atoms with E-state index in [9.17, 15) is 8.42 Å². The maximum absolute atomic E-state index is 12.0. The van der Waals surface area contributed by atoms with Crippen LogP contribution in [0, 0.1) is 0 Å². The lowest BCUT2D eigenvalue weighted by Crippen LogP contribution is -2.28. The summed E-state index contributed by atoms with van der Waals surface area (Å²) in [4.78, 5) is -0.0114. The standard InChI is InChI=1S/C12H19ClN2O3S/c1-2-3-7-18-8-6-15-19(16,17)12-9-10(14)4-5-11(12)13/h4-5,9,15H,2-3,6-8,14H2,1H3. The Morgan fingerprint density at radius 1 is 1.37 bits per heavy atom. The van der Waals surface area contributed by atoms with Crippen LogP contribution < -0.4 is 10.5 Å².